The third-order valence-electron chi connectivity index (χ3n) is 6.96. The van der Waals surface area contributed by atoms with Crippen molar-refractivity contribution in [1.82, 2.24) is 0 Å². The summed E-state index contributed by atoms with van der Waals surface area (Å²) in [5.41, 5.74) is 0.363. The maximum atomic E-state index is 15.0. The second-order valence-electron chi connectivity index (χ2n) is 8.81. The number of halogens is 2. The van der Waals surface area contributed by atoms with Gasteiger partial charge in [0.25, 0.3) is 0 Å². The summed E-state index contributed by atoms with van der Waals surface area (Å²) in [7, 11) is 0. The average molecular weight is 366 g/mol. The third-order valence-corrected chi connectivity index (χ3v) is 6.96. The zero-order chi connectivity index (χ0) is 18.3. The van der Waals surface area contributed by atoms with Crippen LogP contribution >= 0.6 is 0 Å². The van der Waals surface area contributed by atoms with E-state index in [1.165, 1.54) is 19.3 Å². The van der Waals surface area contributed by atoms with Gasteiger partial charge in [0, 0.05) is 19.1 Å². The molecule has 4 bridgehead atoms. The quantitative estimate of drug-likeness (QED) is 0.772. The first-order chi connectivity index (χ1) is 12.5. The molecule has 1 aromatic carbocycles. The second-order valence-corrected chi connectivity index (χ2v) is 8.81. The molecule has 0 aliphatic heterocycles. The average Bonchev–Trinajstić information content (AvgIpc) is 2.61. The summed E-state index contributed by atoms with van der Waals surface area (Å²) in [5, 5.41) is 18.1. The van der Waals surface area contributed by atoms with E-state index >= 15 is 0 Å². The van der Waals surface area contributed by atoms with Gasteiger partial charge in [-0.25, -0.2) is 4.39 Å². The van der Waals surface area contributed by atoms with Crippen molar-refractivity contribution in [3.8, 4) is 5.75 Å². The van der Waals surface area contributed by atoms with E-state index in [1.54, 1.807) is 12.1 Å². The first-order valence-corrected chi connectivity index (χ1v) is 9.87. The van der Waals surface area contributed by atoms with E-state index in [9.17, 15) is 8.78 Å². The van der Waals surface area contributed by atoms with Gasteiger partial charge in [-0.1, -0.05) is 6.07 Å². The fraction of sp³-hybridized carbons (Fsp3) is 0.714. The Morgan fingerprint density at radius 3 is 2.08 bits per heavy atom. The molecule has 0 atom stereocenters. The lowest BCUT2D eigenvalue weighted by Crippen LogP contribution is -2.49. The zero-order valence-corrected chi connectivity index (χ0v) is 15.1. The predicted molar refractivity (Wildman–Crippen MR) is 94.0 cm³/mol. The normalized spacial score (nSPS) is 32.4. The van der Waals surface area contributed by atoms with Crippen LogP contribution < -0.4 is 4.74 Å². The van der Waals surface area contributed by atoms with Crippen molar-refractivity contribution in [3.05, 3.63) is 29.3 Å². The van der Waals surface area contributed by atoms with Crippen LogP contribution in [-0.4, -0.2) is 30.0 Å². The standard InChI is InChI=1S/C21H28F2O3/c22-19-17(21-8-14-5-15(9-21)7-16(6-14)10-21)1-2-18(20(19)23)26-4-3-13(11-24)12-25/h1-2,13-16,24-25H,3-12H2/t14-,15?,16?,21-. The number of benzene rings is 1. The predicted octanol–water partition coefficient (Wildman–Crippen LogP) is 3.80. The van der Waals surface area contributed by atoms with Crippen LogP contribution in [0, 0.1) is 35.3 Å². The lowest BCUT2D eigenvalue weighted by molar-refractivity contribution is -0.00708. The van der Waals surface area contributed by atoms with Gasteiger partial charge in [-0.05, 0) is 79.7 Å². The van der Waals surface area contributed by atoms with E-state index < -0.39 is 11.6 Å². The Morgan fingerprint density at radius 2 is 1.54 bits per heavy atom. The molecular weight excluding hydrogens is 338 g/mol. The van der Waals surface area contributed by atoms with E-state index in [4.69, 9.17) is 14.9 Å². The van der Waals surface area contributed by atoms with Gasteiger partial charge >= 0.3 is 0 Å². The number of hydrogen-bond donors (Lipinski definition) is 2. The molecule has 0 amide bonds. The topological polar surface area (TPSA) is 49.7 Å². The molecular formula is C21H28F2O3. The molecule has 1 aromatic rings. The minimum Gasteiger partial charge on any atom is -0.490 e. The largest absolute Gasteiger partial charge is 0.490 e. The molecule has 3 nitrogen and oxygen atoms in total. The molecule has 5 rings (SSSR count). The van der Waals surface area contributed by atoms with Gasteiger partial charge in [0.05, 0.1) is 6.61 Å². The number of hydrogen-bond acceptors (Lipinski definition) is 3. The van der Waals surface area contributed by atoms with Crippen molar-refractivity contribution in [2.45, 2.75) is 50.4 Å². The highest BCUT2D eigenvalue weighted by Gasteiger charge is 2.52. The number of ether oxygens (including phenoxy) is 1. The van der Waals surface area contributed by atoms with Crippen molar-refractivity contribution < 1.29 is 23.7 Å². The molecule has 4 saturated carbocycles. The summed E-state index contributed by atoms with van der Waals surface area (Å²) >= 11 is 0. The van der Waals surface area contributed by atoms with E-state index in [-0.39, 0.29) is 36.9 Å². The number of rotatable bonds is 7. The minimum atomic E-state index is -0.900. The lowest BCUT2D eigenvalue weighted by atomic mass is 9.48. The Hall–Kier alpha value is -1.20. The summed E-state index contributed by atoms with van der Waals surface area (Å²) in [6, 6.07) is 3.29. The summed E-state index contributed by atoms with van der Waals surface area (Å²) in [6.07, 6.45) is 7.16. The van der Waals surface area contributed by atoms with Gasteiger partial charge < -0.3 is 14.9 Å². The van der Waals surface area contributed by atoms with Gasteiger partial charge in [0.15, 0.2) is 11.6 Å². The maximum absolute atomic E-state index is 15.0. The van der Waals surface area contributed by atoms with Crippen LogP contribution in [0.5, 0.6) is 5.75 Å². The molecule has 0 saturated heterocycles. The summed E-state index contributed by atoms with van der Waals surface area (Å²) in [6.45, 7) is -0.165. The van der Waals surface area contributed by atoms with Crippen LogP contribution in [0.3, 0.4) is 0 Å². The van der Waals surface area contributed by atoms with Crippen LogP contribution in [0.4, 0.5) is 8.78 Å². The monoisotopic (exact) mass is 366 g/mol. The Kier molecular flexibility index (Phi) is 4.95. The van der Waals surface area contributed by atoms with E-state index in [1.807, 2.05) is 0 Å². The molecule has 0 radical (unpaired) electrons. The molecule has 4 fully saturated rings. The molecule has 26 heavy (non-hydrogen) atoms. The Bertz CT molecular complexity index is 622. The number of aliphatic hydroxyl groups is 2. The highest BCUT2D eigenvalue weighted by Crippen LogP contribution is 2.61. The van der Waals surface area contributed by atoms with Crippen molar-refractivity contribution in [2.75, 3.05) is 19.8 Å². The van der Waals surface area contributed by atoms with Crippen LogP contribution in [0.15, 0.2) is 12.1 Å². The SMILES string of the molecule is OCC(CO)CCOc1ccc([C@]23CC4CC(C[C@H](C4)C2)C3)c(F)c1F. The minimum absolute atomic E-state index is 0.0781. The molecule has 5 heteroatoms. The third kappa shape index (κ3) is 3.13. The van der Waals surface area contributed by atoms with Gasteiger partial charge in [-0.15, -0.1) is 0 Å². The van der Waals surface area contributed by atoms with Crippen LogP contribution in [-0.2, 0) is 5.41 Å². The fourth-order valence-corrected chi connectivity index (χ4v) is 6.07. The Morgan fingerprint density at radius 1 is 0.962 bits per heavy atom. The Balaban J connectivity index is 1.51. The highest BCUT2D eigenvalue weighted by atomic mass is 19.2. The second kappa shape index (κ2) is 7.08. The number of aliphatic hydroxyl groups excluding tert-OH is 2. The van der Waals surface area contributed by atoms with Gasteiger partial charge in [-0.2, -0.15) is 4.39 Å². The van der Waals surface area contributed by atoms with E-state index in [0.29, 0.717) is 29.7 Å². The van der Waals surface area contributed by atoms with Gasteiger partial charge in [0.2, 0.25) is 5.82 Å². The molecule has 0 heterocycles. The Labute approximate surface area is 153 Å². The first-order valence-electron chi connectivity index (χ1n) is 9.87. The fourth-order valence-electron chi connectivity index (χ4n) is 6.07. The maximum Gasteiger partial charge on any atom is 0.200 e. The molecule has 144 valence electrons. The van der Waals surface area contributed by atoms with Crippen LogP contribution in [0.25, 0.3) is 0 Å². The van der Waals surface area contributed by atoms with E-state index in [2.05, 4.69) is 0 Å². The van der Waals surface area contributed by atoms with Crippen LogP contribution in [0.1, 0.15) is 50.5 Å². The molecule has 2 N–H and O–H groups in total. The molecule has 0 spiro atoms. The molecule has 0 aromatic heterocycles. The highest BCUT2D eigenvalue weighted by molar-refractivity contribution is 5.37. The summed E-state index contributed by atoms with van der Waals surface area (Å²) in [5.74, 6) is 0.00327. The molecule has 0 unspecified atom stereocenters. The lowest BCUT2D eigenvalue weighted by Gasteiger charge is -2.57. The molecule has 4 aliphatic rings. The van der Waals surface area contributed by atoms with Crippen molar-refractivity contribution in [2.24, 2.45) is 23.7 Å². The molecule has 4 aliphatic carbocycles. The summed E-state index contributed by atoms with van der Waals surface area (Å²) < 4.78 is 35.0. The smallest absolute Gasteiger partial charge is 0.200 e. The van der Waals surface area contributed by atoms with Gasteiger partial charge in [-0.3, -0.25) is 0 Å². The van der Waals surface area contributed by atoms with E-state index in [0.717, 1.165) is 19.3 Å². The summed E-state index contributed by atoms with van der Waals surface area (Å²) in [4.78, 5) is 0. The van der Waals surface area contributed by atoms with Crippen molar-refractivity contribution in [1.29, 1.82) is 0 Å². The van der Waals surface area contributed by atoms with Crippen molar-refractivity contribution in [3.63, 3.8) is 0 Å². The van der Waals surface area contributed by atoms with Gasteiger partial charge in [0.1, 0.15) is 0 Å². The van der Waals surface area contributed by atoms with Crippen LogP contribution in [0.2, 0.25) is 0 Å². The zero-order valence-electron chi connectivity index (χ0n) is 15.1. The first kappa shape index (κ1) is 18.2. The van der Waals surface area contributed by atoms with Crippen molar-refractivity contribution >= 4 is 0 Å².